The lowest BCUT2D eigenvalue weighted by atomic mass is 10.1. The first-order valence-corrected chi connectivity index (χ1v) is 22.6. The number of benzene rings is 1. The minimum absolute atomic E-state index is 0.765. The molecule has 0 fully saturated rings. The van der Waals surface area contributed by atoms with Crippen molar-refractivity contribution in [2.45, 2.75) is 170 Å². The van der Waals surface area contributed by atoms with Gasteiger partial charge in [-0.1, -0.05) is 176 Å². The third-order valence-electron chi connectivity index (χ3n) is 9.21. The molecule has 0 spiro atoms. The third-order valence-corrected chi connectivity index (χ3v) is 14.2. The summed E-state index contributed by atoms with van der Waals surface area (Å²) in [6, 6.07) is 4.51. The van der Waals surface area contributed by atoms with Gasteiger partial charge in [0.25, 0.3) is 0 Å². The van der Waals surface area contributed by atoms with Crippen LogP contribution in [-0.4, -0.2) is 13.2 Å². The normalized spacial score (nSPS) is 14.9. The molecule has 1 aromatic rings. The molecule has 0 aromatic heterocycles. The van der Waals surface area contributed by atoms with E-state index in [9.17, 15) is 0 Å². The molecule has 0 saturated heterocycles. The van der Waals surface area contributed by atoms with E-state index in [2.05, 4.69) is 65.8 Å². The number of rotatable bonds is 26. The van der Waals surface area contributed by atoms with E-state index in [1.807, 2.05) is 47.0 Å². The predicted molar refractivity (Wildman–Crippen MR) is 224 cm³/mol. The van der Waals surface area contributed by atoms with Crippen LogP contribution in [0.15, 0.2) is 40.2 Å². The van der Waals surface area contributed by atoms with E-state index in [1.165, 1.54) is 144 Å². The Morgan fingerprint density at radius 2 is 0.688 bits per heavy atom. The van der Waals surface area contributed by atoms with Crippen LogP contribution in [0.4, 0.5) is 0 Å². The van der Waals surface area contributed by atoms with E-state index in [4.69, 9.17) is 9.47 Å². The van der Waals surface area contributed by atoms with Crippen molar-refractivity contribution < 1.29 is 9.47 Å². The lowest BCUT2D eigenvalue weighted by Crippen LogP contribution is -2.03. The summed E-state index contributed by atoms with van der Waals surface area (Å²) < 4.78 is 15.8. The van der Waals surface area contributed by atoms with Crippen LogP contribution in [0.1, 0.15) is 181 Å². The Balaban J connectivity index is 1.64. The number of thioether (sulfide) groups is 4. The van der Waals surface area contributed by atoms with Gasteiger partial charge in [0.1, 0.15) is 11.5 Å². The first kappa shape index (κ1) is 41.6. The fourth-order valence-corrected chi connectivity index (χ4v) is 10.8. The number of ether oxygens (including phenoxy) is 2. The molecule has 2 aliphatic rings. The highest BCUT2D eigenvalue weighted by atomic mass is 32.2. The Morgan fingerprint density at radius 3 is 0.979 bits per heavy atom. The van der Waals surface area contributed by atoms with Gasteiger partial charge in [0.2, 0.25) is 0 Å². The van der Waals surface area contributed by atoms with Crippen molar-refractivity contribution in [2.24, 2.45) is 0 Å². The van der Waals surface area contributed by atoms with E-state index < -0.39 is 0 Å². The first-order valence-electron chi connectivity index (χ1n) is 19.3. The molecule has 0 saturated carbocycles. The lowest BCUT2D eigenvalue weighted by molar-refractivity contribution is 0.295. The highest BCUT2D eigenvalue weighted by Crippen LogP contribution is 2.51. The number of allylic oxidation sites excluding steroid dienone is 4. The van der Waals surface area contributed by atoms with Crippen molar-refractivity contribution >= 4 is 59.2 Å². The SMILES string of the molecule is CCCCCCCCCCCCOc1cc(C=C2SC(C)=C(C)S2)c(OCCCCCCCCCCCC)cc1C=C1SC(C)=C(C)S1. The number of hydrogen-bond acceptors (Lipinski definition) is 6. The largest absolute Gasteiger partial charge is 0.493 e. The van der Waals surface area contributed by atoms with E-state index in [0.29, 0.717) is 0 Å². The smallest absolute Gasteiger partial charge is 0.127 e. The zero-order valence-corrected chi connectivity index (χ0v) is 34.6. The van der Waals surface area contributed by atoms with Crippen molar-refractivity contribution in [3.8, 4) is 11.5 Å². The summed E-state index contributed by atoms with van der Waals surface area (Å²) in [5, 5.41) is 0. The van der Waals surface area contributed by atoms with Gasteiger partial charge in [-0.05, 0) is 84.4 Å². The van der Waals surface area contributed by atoms with Gasteiger partial charge in [0, 0.05) is 19.6 Å². The van der Waals surface area contributed by atoms with Crippen molar-refractivity contribution in [2.75, 3.05) is 13.2 Å². The Morgan fingerprint density at radius 1 is 0.417 bits per heavy atom. The lowest BCUT2D eigenvalue weighted by Gasteiger charge is -2.16. The van der Waals surface area contributed by atoms with Crippen LogP contribution in [0, 0.1) is 0 Å². The van der Waals surface area contributed by atoms with Gasteiger partial charge in [-0.15, -0.1) is 0 Å². The summed E-state index contributed by atoms with van der Waals surface area (Å²) in [7, 11) is 0. The summed E-state index contributed by atoms with van der Waals surface area (Å²) >= 11 is 7.51. The molecule has 2 aliphatic heterocycles. The monoisotopic (exact) mass is 730 g/mol. The quantitative estimate of drug-likeness (QED) is 0.0877. The van der Waals surface area contributed by atoms with Crippen molar-refractivity contribution in [3.05, 3.63) is 51.4 Å². The molecule has 0 aliphatic carbocycles. The van der Waals surface area contributed by atoms with Gasteiger partial charge in [0.05, 0.1) is 13.2 Å². The van der Waals surface area contributed by atoms with Crippen LogP contribution in [0.3, 0.4) is 0 Å². The number of hydrogen-bond donors (Lipinski definition) is 0. The maximum Gasteiger partial charge on any atom is 0.127 e. The summed E-state index contributed by atoms with van der Waals surface area (Å²) in [4.78, 5) is 5.58. The minimum atomic E-state index is 0.765. The average Bonchev–Trinajstić information content (AvgIpc) is 3.56. The van der Waals surface area contributed by atoms with Crippen LogP contribution >= 0.6 is 47.0 Å². The second-order valence-electron chi connectivity index (χ2n) is 13.5. The minimum Gasteiger partial charge on any atom is -0.493 e. The van der Waals surface area contributed by atoms with Gasteiger partial charge < -0.3 is 9.47 Å². The standard InChI is InChI=1S/C42H66O2S4/c1-7-9-11-13-15-17-19-21-23-25-27-43-39-29-38(32-42-47-35(5)36(6)48-42)40(30-37(39)31-41-45-33(3)34(4)46-41)44-28-26-24-22-20-18-16-14-12-10-8-2/h29-32H,7-28H2,1-6H3. The fraction of sp³-hybridized carbons (Fsp3) is 0.667. The molecule has 48 heavy (non-hydrogen) atoms. The van der Waals surface area contributed by atoms with E-state index in [0.717, 1.165) is 48.7 Å². The Kier molecular flexibility index (Phi) is 21.8. The van der Waals surface area contributed by atoms with Crippen LogP contribution in [0.5, 0.6) is 11.5 Å². The summed E-state index contributed by atoms with van der Waals surface area (Å²) in [5.74, 6) is 1.96. The summed E-state index contributed by atoms with van der Waals surface area (Å²) in [5.41, 5.74) is 2.27. The highest BCUT2D eigenvalue weighted by molar-refractivity contribution is 8.29. The second kappa shape index (κ2) is 25.2. The topological polar surface area (TPSA) is 18.5 Å². The van der Waals surface area contributed by atoms with Crippen molar-refractivity contribution in [1.82, 2.24) is 0 Å². The van der Waals surface area contributed by atoms with Gasteiger partial charge in [-0.3, -0.25) is 0 Å². The summed E-state index contributed by atoms with van der Waals surface area (Å²) in [6.07, 6.45) is 31.3. The second-order valence-corrected chi connectivity index (χ2v) is 19.1. The van der Waals surface area contributed by atoms with Crippen molar-refractivity contribution in [1.29, 1.82) is 0 Å². The molecule has 270 valence electrons. The molecular weight excluding hydrogens is 665 g/mol. The Labute approximate surface area is 313 Å². The molecule has 3 rings (SSSR count). The molecule has 0 radical (unpaired) electrons. The van der Waals surface area contributed by atoms with Crippen molar-refractivity contribution in [3.63, 3.8) is 0 Å². The molecule has 1 aromatic carbocycles. The number of unbranched alkanes of at least 4 members (excludes halogenated alkanes) is 18. The van der Waals surface area contributed by atoms with Gasteiger partial charge in [-0.2, -0.15) is 0 Å². The van der Waals surface area contributed by atoms with Gasteiger partial charge in [0.15, 0.2) is 0 Å². The molecule has 0 N–H and O–H groups in total. The van der Waals surface area contributed by atoms with Crippen LogP contribution in [0.2, 0.25) is 0 Å². The molecule has 0 atom stereocenters. The molecule has 0 amide bonds. The molecular formula is C42H66O2S4. The van der Waals surface area contributed by atoms with E-state index in [-0.39, 0.29) is 0 Å². The van der Waals surface area contributed by atoms with Crippen LogP contribution in [0.25, 0.3) is 12.2 Å². The molecule has 2 nitrogen and oxygen atoms in total. The third kappa shape index (κ3) is 16.5. The first-order chi connectivity index (χ1) is 23.4. The molecule has 0 bridgehead atoms. The van der Waals surface area contributed by atoms with Crippen LogP contribution < -0.4 is 9.47 Å². The van der Waals surface area contributed by atoms with E-state index >= 15 is 0 Å². The average molecular weight is 731 g/mol. The highest BCUT2D eigenvalue weighted by Gasteiger charge is 2.19. The fourth-order valence-electron chi connectivity index (χ4n) is 5.91. The maximum absolute atomic E-state index is 6.60. The van der Waals surface area contributed by atoms with E-state index in [1.54, 1.807) is 0 Å². The molecule has 2 heterocycles. The Bertz CT molecular complexity index is 1090. The van der Waals surface area contributed by atoms with Gasteiger partial charge in [-0.25, -0.2) is 0 Å². The maximum atomic E-state index is 6.60. The van der Waals surface area contributed by atoms with Crippen LogP contribution in [-0.2, 0) is 0 Å². The summed E-state index contributed by atoms with van der Waals surface area (Å²) in [6.45, 7) is 15.0. The zero-order valence-electron chi connectivity index (χ0n) is 31.3. The molecule has 0 unspecified atom stereocenters. The molecule has 6 heteroatoms. The Hall–Kier alpha value is -0.820. The predicted octanol–water partition coefficient (Wildman–Crippen LogP) is 16.3. The zero-order chi connectivity index (χ0) is 34.4. The van der Waals surface area contributed by atoms with Gasteiger partial charge >= 0.3 is 0 Å².